The first-order chi connectivity index (χ1) is 17.0. The second-order valence-electron chi connectivity index (χ2n) is 10.8. The molecule has 4 aromatic rings. The molecule has 0 aliphatic heterocycles. The topological polar surface area (TPSA) is 0 Å². The largest absolute Gasteiger partial charge is 0.0795 e. The summed E-state index contributed by atoms with van der Waals surface area (Å²) in [6.07, 6.45) is 4.74. The molecule has 0 spiro atoms. The molecule has 35 heavy (non-hydrogen) atoms. The molecule has 0 fully saturated rings. The number of fused-ring (bicyclic) bond motifs is 4. The molecule has 0 saturated carbocycles. The van der Waals surface area contributed by atoms with Crippen molar-refractivity contribution in [3.05, 3.63) is 118 Å². The SMILES string of the molecule is CC(C)CC1=Cc2c(-c3ccccc3)cccc2C1c1c([Si](C)C)ccc2c1Cc1ccccc1-2. The molecule has 4 aromatic carbocycles. The van der Waals surface area contributed by atoms with Gasteiger partial charge in [0.1, 0.15) is 0 Å². The monoisotopic (exact) mass is 469 g/mol. The number of hydrogen-bond donors (Lipinski definition) is 0. The molecule has 0 amide bonds. The van der Waals surface area contributed by atoms with Crippen LogP contribution in [0.4, 0.5) is 0 Å². The Hall–Kier alpha value is -3.16. The average molecular weight is 470 g/mol. The van der Waals surface area contributed by atoms with Crippen LogP contribution in [-0.4, -0.2) is 8.80 Å². The maximum absolute atomic E-state index is 2.55. The van der Waals surface area contributed by atoms with Crippen LogP contribution in [-0.2, 0) is 6.42 Å². The predicted octanol–water partition coefficient (Wildman–Crippen LogP) is 8.46. The first-order valence-electron chi connectivity index (χ1n) is 13.0. The summed E-state index contributed by atoms with van der Waals surface area (Å²) in [4.78, 5) is 0. The standard InChI is InChI=1S/C34H33Si/c1-22(2)19-25-21-30-26(23-11-6-5-7-12-23)15-10-16-29(30)33(25)34-31-20-24-13-8-9-14-27(24)28(31)17-18-32(34)35(3)4/h5-18,21-22,33H,19-20H2,1-4H3. The van der Waals surface area contributed by atoms with E-state index >= 15 is 0 Å². The fourth-order valence-electron chi connectivity index (χ4n) is 6.32. The van der Waals surface area contributed by atoms with E-state index < -0.39 is 8.80 Å². The van der Waals surface area contributed by atoms with Crippen LogP contribution in [0.5, 0.6) is 0 Å². The van der Waals surface area contributed by atoms with Gasteiger partial charge in [-0.3, -0.25) is 0 Å². The van der Waals surface area contributed by atoms with Crippen LogP contribution in [0.15, 0.2) is 90.5 Å². The van der Waals surface area contributed by atoms with Crippen LogP contribution in [0.2, 0.25) is 13.1 Å². The molecule has 0 aromatic heterocycles. The highest BCUT2D eigenvalue weighted by molar-refractivity contribution is 6.71. The lowest BCUT2D eigenvalue weighted by atomic mass is 9.81. The van der Waals surface area contributed by atoms with Crippen LogP contribution >= 0.6 is 0 Å². The first kappa shape index (κ1) is 22.3. The van der Waals surface area contributed by atoms with E-state index in [4.69, 9.17) is 0 Å². The minimum atomic E-state index is -0.628. The lowest BCUT2D eigenvalue weighted by Gasteiger charge is -2.26. The summed E-state index contributed by atoms with van der Waals surface area (Å²) in [5, 5.41) is 1.61. The van der Waals surface area contributed by atoms with Gasteiger partial charge in [-0.15, -0.1) is 0 Å². The lowest BCUT2D eigenvalue weighted by Crippen LogP contribution is -2.30. The lowest BCUT2D eigenvalue weighted by molar-refractivity contribution is 0.626. The van der Waals surface area contributed by atoms with E-state index in [9.17, 15) is 0 Å². The van der Waals surface area contributed by atoms with Crippen molar-refractivity contribution >= 4 is 20.1 Å². The highest BCUT2D eigenvalue weighted by atomic mass is 28.3. The summed E-state index contributed by atoms with van der Waals surface area (Å²) >= 11 is 0. The average Bonchev–Trinajstić information content (AvgIpc) is 3.41. The maximum atomic E-state index is 2.55. The van der Waals surface area contributed by atoms with Gasteiger partial charge in [-0.25, -0.2) is 0 Å². The zero-order valence-corrected chi connectivity index (χ0v) is 22.2. The van der Waals surface area contributed by atoms with E-state index in [1.165, 1.54) is 38.9 Å². The fourth-order valence-corrected chi connectivity index (χ4v) is 7.57. The summed E-state index contributed by atoms with van der Waals surface area (Å²) in [7, 11) is -0.628. The Labute approximate surface area is 212 Å². The van der Waals surface area contributed by atoms with Gasteiger partial charge in [-0.2, -0.15) is 0 Å². The summed E-state index contributed by atoms with van der Waals surface area (Å²) in [5.41, 5.74) is 14.8. The van der Waals surface area contributed by atoms with Crippen molar-refractivity contribution in [3.8, 4) is 22.3 Å². The van der Waals surface area contributed by atoms with Crippen molar-refractivity contribution in [2.75, 3.05) is 0 Å². The first-order valence-corrected chi connectivity index (χ1v) is 15.5. The van der Waals surface area contributed by atoms with Gasteiger partial charge >= 0.3 is 0 Å². The summed E-state index contributed by atoms with van der Waals surface area (Å²) in [6.45, 7) is 9.64. The van der Waals surface area contributed by atoms with Gasteiger partial charge in [0.05, 0.1) is 8.80 Å². The molecule has 1 atom stereocenters. The Balaban J connectivity index is 1.60. The molecular weight excluding hydrogens is 436 g/mol. The van der Waals surface area contributed by atoms with Gasteiger partial charge in [-0.1, -0.05) is 129 Å². The molecule has 0 saturated heterocycles. The van der Waals surface area contributed by atoms with Gasteiger partial charge in [0.15, 0.2) is 0 Å². The minimum absolute atomic E-state index is 0.357. The van der Waals surface area contributed by atoms with E-state index in [-0.39, 0.29) is 0 Å². The third-order valence-electron chi connectivity index (χ3n) is 7.74. The summed E-state index contributed by atoms with van der Waals surface area (Å²) < 4.78 is 0. The van der Waals surface area contributed by atoms with E-state index in [1.54, 1.807) is 21.9 Å². The number of rotatable bonds is 5. The highest BCUT2D eigenvalue weighted by Gasteiger charge is 2.35. The third-order valence-corrected chi connectivity index (χ3v) is 9.25. The molecule has 0 nitrogen and oxygen atoms in total. The molecule has 2 aliphatic rings. The smallest absolute Gasteiger partial charge is 0.0671 e. The van der Waals surface area contributed by atoms with Gasteiger partial charge in [0.25, 0.3) is 0 Å². The van der Waals surface area contributed by atoms with E-state index in [2.05, 4.69) is 118 Å². The number of benzene rings is 4. The van der Waals surface area contributed by atoms with Gasteiger partial charge in [-0.05, 0) is 68.8 Å². The Bertz CT molecular complexity index is 1440. The summed E-state index contributed by atoms with van der Waals surface area (Å²) in [5.74, 6) is 0.985. The van der Waals surface area contributed by atoms with Crippen molar-refractivity contribution < 1.29 is 0 Å². The molecule has 0 N–H and O–H groups in total. The zero-order valence-electron chi connectivity index (χ0n) is 21.2. The third kappa shape index (κ3) is 3.74. The molecule has 0 heterocycles. The van der Waals surface area contributed by atoms with Gasteiger partial charge < -0.3 is 0 Å². The van der Waals surface area contributed by atoms with E-state index in [0.717, 1.165) is 12.8 Å². The molecule has 173 valence electrons. The molecular formula is C34H33Si. The normalized spacial score (nSPS) is 15.8. The molecule has 6 rings (SSSR count). The minimum Gasteiger partial charge on any atom is -0.0671 e. The zero-order chi connectivity index (χ0) is 24.1. The Morgan fingerprint density at radius 3 is 2.29 bits per heavy atom. The molecule has 1 radical (unpaired) electrons. The molecule has 0 bridgehead atoms. The quantitative estimate of drug-likeness (QED) is 0.226. The van der Waals surface area contributed by atoms with Crippen molar-refractivity contribution in [1.82, 2.24) is 0 Å². The Morgan fingerprint density at radius 2 is 1.51 bits per heavy atom. The van der Waals surface area contributed by atoms with Crippen LogP contribution in [0.1, 0.15) is 54.0 Å². The number of hydrogen-bond acceptors (Lipinski definition) is 0. The van der Waals surface area contributed by atoms with E-state index in [1.807, 2.05) is 0 Å². The number of allylic oxidation sites excluding steroid dienone is 1. The Morgan fingerprint density at radius 1 is 0.771 bits per heavy atom. The van der Waals surface area contributed by atoms with Crippen molar-refractivity contribution in [1.29, 1.82) is 0 Å². The highest BCUT2D eigenvalue weighted by Crippen LogP contribution is 2.50. The van der Waals surface area contributed by atoms with Gasteiger partial charge in [0.2, 0.25) is 0 Å². The van der Waals surface area contributed by atoms with Crippen LogP contribution in [0.3, 0.4) is 0 Å². The van der Waals surface area contributed by atoms with Crippen molar-refractivity contribution in [2.24, 2.45) is 5.92 Å². The van der Waals surface area contributed by atoms with Gasteiger partial charge in [0, 0.05) is 5.92 Å². The molecule has 1 unspecified atom stereocenters. The van der Waals surface area contributed by atoms with Crippen LogP contribution in [0.25, 0.3) is 28.3 Å². The van der Waals surface area contributed by atoms with E-state index in [0.29, 0.717) is 11.8 Å². The van der Waals surface area contributed by atoms with Crippen LogP contribution < -0.4 is 5.19 Å². The predicted molar refractivity (Wildman–Crippen MR) is 153 cm³/mol. The van der Waals surface area contributed by atoms with Crippen molar-refractivity contribution in [2.45, 2.75) is 45.7 Å². The second kappa shape index (κ2) is 8.81. The van der Waals surface area contributed by atoms with Crippen LogP contribution in [0, 0.1) is 5.92 Å². The summed E-state index contributed by atoms with van der Waals surface area (Å²) in [6, 6.07) is 31.8. The molecule has 1 heteroatoms. The molecule has 2 aliphatic carbocycles. The fraction of sp³-hybridized carbons (Fsp3) is 0.235. The Kier molecular flexibility index (Phi) is 5.61. The van der Waals surface area contributed by atoms with Crippen molar-refractivity contribution in [3.63, 3.8) is 0 Å². The second-order valence-corrected chi connectivity index (χ2v) is 13.4. The maximum Gasteiger partial charge on any atom is 0.0795 e.